The summed E-state index contributed by atoms with van der Waals surface area (Å²) in [5.41, 5.74) is 3.75. The summed E-state index contributed by atoms with van der Waals surface area (Å²) >= 11 is 6.13. The van der Waals surface area contributed by atoms with Gasteiger partial charge < -0.3 is 4.90 Å². The number of hydrogen-bond acceptors (Lipinski definition) is 4. The number of aryl methyl sites for hydroxylation is 1. The van der Waals surface area contributed by atoms with Gasteiger partial charge in [-0.25, -0.2) is 15.0 Å². The van der Waals surface area contributed by atoms with Crippen LogP contribution in [0.3, 0.4) is 0 Å². The Morgan fingerprint density at radius 1 is 1.23 bits per heavy atom. The standard InChI is InChI=1S/C17H19ClN4/c1-10(2)16-20-11(3)6-15(21-16)22-9-17(4-5-17)12-8-19-14(18)7-13(12)22/h6-8,10H,4-5,9H2,1-3H3. The van der Waals surface area contributed by atoms with Gasteiger partial charge in [0.15, 0.2) is 0 Å². The van der Waals surface area contributed by atoms with Gasteiger partial charge in [-0.1, -0.05) is 25.4 Å². The van der Waals surface area contributed by atoms with Gasteiger partial charge in [0.05, 0.1) is 5.69 Å². The van der Waals surface area contributed by atoms with Gasteiger partial charge in [-0.15, -0.1) is 0 Å². The Balaban J connectivity index is 1.83. The molecule has 0 unspecified atom stereocenters. The molecule has 0 saturated heterocycles. The third-order valence-corrected chi connectivity index (χ3v) is 4.88. The van der Waals surface area contributed by atoms with Gasteiger partial charge in [-0.2, -0.15) is 0 Å². The lowest BCUT2D eigenvalue weighted by atomic mass is 10.0. The van der Waals surface area contributed by atoms with Gasteiger partial charge in [0.1, 0.15) is 16.8 Å². The van der Waals surface area contributed by atoms with E-state index in [1.165, 1.54) is 18.4 Å². The Bertz CT molecular complexity index is 752. The summed E-state index contributed by atoms with van der Waals surface area (Å²) in [5, 5.41) is 0.538. The minimum Gasteiger partial charge on any atom is -0.325 e. The molecule has 4 nitrogen and oxygen atoms in total. The Labute approximate surface area is 135 Å². The van der Waals surface area contributed by atoms with Crippen molar-refractivity contribution in [1.82, 2.24) is 15.0 Å². The van der Waals surface area contributed by atoms with Crippen molar-refractivity contribution in [2.24, 2.45) is 0 Å². The fraction of sp³-hybridized carbons (Fsp3) is 0.471. The molecular formula is C17H19ClN4. The molecule has 0 bridgehead atoms. The highest BCUT2D eigenvalue weighted by molar-refractivity contribution is 6.29. The number of rotatable bonds is 2. The first-order valence-corrected chi connectivity index (χ1v) is 8.15. The van der Waals surface area contributed by atoms with Crippen molar-refractivity contribution in [1.29, 1.82) is 0 Å². The van der Waals surface area contributed by atoms with Crippen LogP contribution < -0.4 is 4.90 Å². The molecule has 3 heterocycles. The zero-order valence-corrected chi connectivity index (χ0v) is 13.9. The number of nitrogens with zero attached hydrogens (tertiary/aromatic N) is 4. The van der Waals surface area contributed by atoms with E-state index in [1.54, 1.807) is 0 Å². The number of pyridine rings is 1. The van der Waals surface area contributed by atoms with Gasteiger partial charge in [0.25, 0.3) is 0 Å². The first-order chi connectivity index (χ1) is 10.5. The highest BCUT2D eigenvalue weighted by Gasteiger charge is 2.52. The normalized spacial score (nSPS) is 18.1. The molecule has 4 rings (SSSR count). The molecule has 0 radical (unpaired) electrons. The van der Waals surface area contributed by atoms with Crippen LogP contribution in [-0.2, 0) is 5.41 Å². The highest BCUT2D eigenvalue weighted by Crippen LogP contribution is 2.57. The van der Waals surface area contributed by atoms with Gasteiger partial charge in [-0.3, -0.25) is 0 Å². The van der Waals surface area contributed by atoms with Crippen LogP contribution in [0.1, 0.15) is 49.7 Å². The van der Waals surface area contributed by atoms with Crippen LogP contribution in [0.4, 0.5) is 11.5 Å². The number of halogens is 1. The van der Waals surface area contributed by atoms with Crippen molar-refractivity contribution in [3.63, 3.8) is 0 Å². The largest absolute Gasteiger partial charge is 0.325 e. The number of aromatic nitrogens is 3. The Morgan fingerprint density at radius 2 is 2.00 bits per heavy atom. The summed E-state index contributed by atoms with van der Waals surface area (Å²) in [4.78, 5) is 15.9. The zero-order chi connectivity index (χ0) is 15.5. The molecule has 0 amide bonds. The van der Waals surface area contributed by atoms with Crippen molar-refractivity contribution in [2.45, 2.75) is 44.9 Å². The second kappa shape index (κ2) is 4.66. The first-order valence-electron chi connectivity index (χ1n) is 7.78. The number of anilines is 2. The molecule has 0 aromatic carbocycles. The van der Waals surface area contributed by atoms with E-state index in [0.717, 1.165) is 29.6 Å². The summed E-state index contributed by atoms with van der Waals surface area (Å²) < 4.78 is 0. The second-order valence-electron chi connectivity index (χ2n) is 6.77. The molecule has 0 atom stereocenters. The molecule has 1 fully saturated rings. The first kappa shape index (κ1) is 13.9. The van der Waals surface area contributed by atoms with Crippen molar-refractivity contribution >= 4 is 23.1 Å². The van der Waals surface area contributed by atoms with Gasteiger partial charge in [-0.05, 0) is 25.8 Å². The van der Waals surface area contributed by atoms with Gasteiger partial charge in [0.2, 0.25) is 0 Å². The van der Waals surface area contributed by atoms with E-state index < -0.39 is 0 Å². The average Bonchev–Trinajstić information content (AvgIpc) is 3.17. The monoisotopic (exact) mass is 314 g/mol. The fourth-order valence-corrected chi connectivity index (χ4v) is 3.43. The maximum absolute atomic E-state index is 6.13. The van der Waals surface area contributed by atoms with E-state index in [2.05, 4.69) is 34.8 Å². The van der Waals surface area contributed by atoms with Crippen LogP contribution >= 0.6 is 11.6 Å². The smallest absolute Gasteiger partial charge is 0.137 e. The van der Waals surface area contributed by atoms with Gasteiger partial charge in [0, 0.05) is 41.4 Å². The van der Waals surface area contributed by atoms with Crippen molar-refractivity contribution in [3.05, 3.63) is 40.6 Å². The predicted molar refractivity (Wildman–Crippen MR) is 88.0 cm³/mol. The van der Waals surface area contributed by atoms with Crippen LogP contribution in [0.5, 0.6) is 0 Å². The Hall–Kier alpha value is -1.68. The topological polar surface area (TPSA) is 41.9 Å². The van der Waals surface area contributed by atoms with Crippen LogP contribution in [-0.4, -0.2) is 21.5 Å². The third kappa shape index (κ3) is 2.09. The van der Waals surface area contributed by atoms with E-state index in [9.17, 15) is 0 Å². The average molecular weight is 315 g/mol. The molecule has 5 heteroatoms. The molecule has 1 aliphatic heterocycles. The van der Waals surface area contributed by atoms with Crippen LogP contribution in [0.15, 0.2) is 18.3 Å². The third-order valence-electron chi connectivity index (χ3n) is 4.68. The minimum absolute atomic E-state index is 0.268. The van der Waals surface area contributed by atoms with E-state index in [-0.39, 0.29) is 5.41 Å². The van der Waals surface area contributed by atoms with E-state index in [0.29, 0.717) is 11.1 Å². The van der Waals surface area contributed by atoms with Crippen LogP contribution in [0.25, 0.3) is 0 Å². The fourth-order valence-electron chi connectivity index (χ4n) is 3.28. The summed E-state index contributed by atoms with van der Waals surface area (Å²) in [6.07, 6.45) is 4.39. The summed E-state index contributed by atoms with van der Waals surface area (Å²) in [7, 11) is 0. The SMILES string of the molecule is Cc1cc(N2CC3(CC3)c3cnc(Cl)cc32)nc(C(C)C)n1. The Kier molecular flexibility index (Phi) is 2.95. The quantitative estimate of drug-likeness (QED) is 0.781. The maximum Gasteiger partial charge on any atom is 0.137 e. The van der Waals surface area contributed by atoms with Crippen molar-refractivity contribution in [2.75, 3.05) is 11.4 Å². The number of fused-ring (bicyclic) bond motifs is 2. The number of hydrogen-bond donors (Lipinski definition) is 0. The molecule has 0 N–H and O–H groups in total. The van der Waals surface area contributed by atoms with Crippen molar-refractivity contribution in [3.8, 4) is 0 Å². The summed E-state index contributed by atoms with van der Waals surface area (Å²) in [5.74, 6) is 2.19. The molecule has 22 heavy (non-hydrogen) atoms. The zero-order valence-electron chi connectivity index (χ0n) is 13.1. The minimum atomic E-state index is 0.268. The maximum atomic E-state index is 6.13. The molecule has 114 valence electrons. The van der Waals surface area contributed by atoms with E-state index >= 15 is 0 Å². The van der Waals surface area contributed by atoms with E-state index in [1.807, 2.05) is 19.2 Å². The lowest BCUT2D eigenvalue weighted by molar-refractivity contribution is 0.725. The molecule has 1 saturated carbocycles. The lowest BCUT2D eigenvalue weighted by Crippen LogP contribution is -2.21. The lowest BCUT2D eigenvalue weighted by Gasteiger charge is -2.20. The van der Waals surface area contributed by atoms with Crippen LogP contribution in [0, 0.1) is 6.92 Å². The highest BCUT2D eigenvalue weighted by atomic mass is 35.5. The van der Waals surface area contributed by atoms with Crippen molar-refractivity contribution < 1.29 is 0 Å². The van der Waals surface area contributed by atoms with Gasteiger partial charge >= 0.3 is 0 Å². The summed E-state index contributed by atoms with van der Waals surface area (Å²) in [6, 6.07) is 4.03. The molecule has 2 aliphatic rings. The summed E-state index contributed by atoms with van der Waals surface area (Å²) in [6.45, 7) is 7.25. The Morgan fingerprint density at radius 3 is 2.68 bits per heavy atom. The van der Waals surface area contributed by atoms with E-state index in [4.69, 9.17) is 16.6 Å². The molecule has 1 aliphatic carbocycles. The van der Waals surface area contributed by atoms with Crippen LogP contribution in [0.2, 0.25) is 5.15 Å². The molecule has 1 spiro atoms. The molecular weight excluding hydrogens is 296 g/mol. The predicted octanol–water partition coefficient (Wildman–Crippen LogP) is 4.14. The second-order valence-corrected chi connectivity index (χ2v) is 7.16. The molecule has 2 aromatic heterocycles. The molecule has 2 aromatic rings.